The predicted octanol–water partition coefficient (Wildman–Crippen LogP) is 3.15. The van der Waals surface area contributed by atoms with Crippen LogP contribution in [0.1, 0.15) is 18.7 Å². The molecule has 1 fully saturated rings. The van der Waals surface area contributed by atoms with Gasteiger partial charge in [0.2, 0.25) is 11.7 Å². The van der Waals surface area contributed by atoms with Crippen LogP contribution < -0.4 is 0 Å². The van der Waals surface area contributed by atoms with Gasteiger partial charge in [-0.25, -0.2) is 0 Å². The van der Waals surface area contributed by atoms with E-state index in [1.165, 1.54) is 12.8 Å². The minimum absolute atomic E-state index is 0.680. The van der Waals surface area contributed by atoms with Gasteiger partial charge in [0.15, 0.2) is 0 Å². The van der Waals surface area contributed by atoms with Gasteiger partial charge in [-0.05, 0) is 41.9 Å². The molecule has 0 saturated heterocycles. The van der Waals surface area contributed by atoms with Crippen LogP contribution in [-0.4, -0.2) is 28.1 Å². The van der Waals surface area contributed by atoms with Gasteiger partial charge >= 0.3 is 0 Å². The molecule has 17 heavy (non-hydrogen) atoms. The molecule has 90 valence electrons. The molecule has 0 radical (unpaired) electrons. The first kappa shape index (κ1) is 11.4. The van der Waals surface area contributed by atoms with Crippen molar-refractivity contribution in [2.24, 2.45) is 0 Å². The molecule has 1 aliphatic carbocycles. The average molecular weight is 314 g/mol. The summed E-state index contributed by atoms with van der Waals surface area (Å²) in [6.45, 7) is 0.740. The smallest absolute Gasteiger partial charge is 0.241 e. The van der Waals surface area contributed by atoms with Crippen LogP contribution in [-0.2, 0) is 6.54 Å². The molecule has 4 nitrogen and oxygen atoms in total. The molecular weight excluding hydrogens is 302 g/mol. The van der Waals surface area contributed by atoms with Crippen molar-refractivity contribution in [1.82, 2.24) is 15.0 Å². The molecule has 0 bridgehead atoms. The number of halogens is 1. The van der Waals surface area contributed by atoms with E-state index in [1.54, 1.807) is 11.3 Å². The van der Waals surface area contributed by atoms with Gasteiger partial charge in [0.1, 0.15) is 0 Å². The Labute approximate surface area is 112 Å². The molecule has 0 aliphatic heterocycles. The SMILES string of the molecule is CN(Cc1nc(-c2cc(Br)cs2)no1)C1CC1. The van der Waals surface area contributed by atoms with Gasteiger partial charge in [-0.3, -0.25) is 4.90 Å². The van der Waals surface area contributed by atoms with Crippen LogP contribution in [0.2, 0.25) is 0 Å². The molecule has 0 atom stereocenters. The zero-order valence-corrected chi connectivity index (χ0v) is 11.8. The van der Waals surface area contributed by atoms with E-state index in [0.717, 1.165) is 15.9 Å². The summed E-state index contributed by atoms with van der Waals surface area (Å²) in [6, 6.07) is 2.71. The summed E-state index contributed by atoms with van der Waals surface area (Å²) < 4.78 is 6.32. The first-order chi connectivity index (χ1) is 8.22. The highest BCUT2D eigenvalue weighted by Crippen LogP contribution is 2.29. The normalized spacial score (nSPS) is 15.7. The van der Waals surface area contributed by atoms with Crippen molar-refractivity contribution in [3.8, 4) is 10.7 Å². The van der Waals surface area contributed by atoms with E-state index >= 15 is 0 Å². The zero-order chi connectivity index (χ0) is 11.8. The molecule has 2 aromatic rings. The molecule has 0 aromatic carbocycles. The van der Waals surface area contributed by atoms with Crippen LogP contribution in [0.25, 0.3) is 10.7 Å². The van der Waals surface area contributed by atoms with Gasteiger partial charge in [0.25, 0.3) is 0 Å². The quantitative estimate of drug-likeness (QED) is 0.869. The Morgan fingerprint density at radius 2 is 2.41 bits per heavy atom. The molecule has 1 aliphatic rings. The Bertz CT molecular complexity index is 520. The maximum atomic E-state index is 5.27. The lowest BCUT2D eigenvalue weighted by Gasteiger charge is -2.11. The lowest BCUT2D eigenvalue weighted by Crippen LogP contribution is -2.20. The molecule has 1 saturated carbocycles. The number of rotatable bonds is 4. The molecule has 3 rings (SSSR count). The summed E-state index contributed by atoms with van der Waals surface area (Å²) >= 11 is 5.03. The summed E-state index contributed by atoms with van der Waals surface area (Å²) in [4.78, 5) is 7.71. The maximum absolute atomic E-state index is 5.27. The Morgan fingerprint density at radius 3 is 3.06 bits per heavy atom. The molecule has 2 aromatic heterocycles. The third-order valence-electron chi connectivity index (χ3n) is 2.81. The molecule has 0 amide bonds. The Hall–Kier alpha value is -0.720. The van der Waals surface area contributed by atoms with Crippen LogP contribution in [0.15, 0.2) is 20.4 Å². The van der Waals surface area contributed by atoms with E-state index < -0.39 is 0 Å². The topological polar surface area (TPSA) is 42.2 Å². The number of aromatic nitrogens is 2. The second-order valence-corrected chi connectivity index (χ2v) is 6.11. The van der Waals surface area contributed by atoms with Gasteiger partial charge in [0.05, 0.1) is 11.4 Å². The van der Waals surface area contributed by atoms with Crippen molar-refractivity contribution in [3.63, 3.8) is 0 Å². The van der Waals surface area contributed by atoms with Crippen LogP contribution in [0, 0.1) is 0 Å². The minimum Gasteiger partial charge on any atom is -0.338 e. The van der Waals surface area contributed by atoms with Gasteiger partial charge in [-0.1, -0.05) is 5.16 Å². The summed E-state index contributed by atoms with van der Waals surface area (Å²) in [7, 11) is 2.10. The fraction of sp³-hybridized carbons (Fsp3) is 0.455. The monoisotopic (exact) mass is 313 g/mol. The van der Waals surface area contributed by atoms with Gasteiger partial charge in [0, 0.05) is 15.9 Å². The van der Waals surface area contributed by atoms with Crippen molar-refractivity contribution in [2.45, 2.75) is 25.4 Å². The second-order valence-electron chi connectivity index (χ2n) is 4.29. The molecule has 0 N–H and O–H groups in total. The number of nitrogens with zero attached hydrogens (tertiary/aromatic N) is 3. The zero-order valence-electron chi connectivity index (χ0n) is 9.39. The largest absolute Gasteiger partial charge is 0.338 e. The molecule has 6 heteroatoms. The van der Waals surface area contributed by atoms with Crippen LogP contribution in [0.5, 0.6) is 0 Å². The van der Waals surface area contributed by atoms with Gasteiger partial charge in [-0.2, -0.15) is 4.98 Å². The predicted molar refractivity (Wildman–Crippen MR) is 69.8 cm³/mol. The van der Waals surface area contributed by atoms with Crippen molar-refractivity contribution in [2.75, 3.05) is 7.05 Å². The summed E-state index contributed by atoms with van der Waals surface area (Å²) in [5.41, 5.74) is 0. The standard InChI is InChI=1S/C11H12BrN3OS/c1-15(8-2-3-8)5-10-13-11(14-16-10)9-4-7(12)6-17-9/h4,6,8H,2-3,5H2,1H3. The van der Waals surface area contributed by atoms with Gasteiger partial charge in [-0.15, -0.1) is 11.3 Å². The Balaban J connectivity index is 1.73. The summed E-state index contributed by atoms with van der Waals surface area (Å²) in [6.07, 6.45) is 2.57. The maximum Gasteiger partial charge on any atom is 0.241 e. The fourth-order valence-electron chi connectivity index (χ4n) is 1.71. The third-order valence-corrected chi connectivity index (χ3v) is 4.50. The van der Waals surface area contributed by atoms with E-state index in [-0.39, 0.29) is 0 Å². The lowest BCUT2D eigenvalue weighted by atomic mass is 10.4. The number of hydrogen-bond donors (Lipinski definition) is 0. The van der Waals surface area contributed by atoms with Crippen molar-refractivity contribution in [1.29, 1.82) is 0 Å². The number of thiophene rings is 1. The van der Waals surface area contributed by atoms with Crippen molar-refractivity contribution in [3.05, 3.63) is 21.8 Å². The second kappa shape index (κ2) is 4.51. The molecular formula is C11H12BrN3OS. The first-order valence-electron chi connectivity index (χ1n) is 5.49. The van der Waals surface area contributed by atoms with Crippen LogP contribution in [0.4, 0.5) is 0 Å². The summed E-state index contributed by atoms with van der Waals surface area (Å²) in [5.74, 6) is 1.37. The van der Waals surface area contributed by atoms with E-state index in [1.807, 2.05) is 11.4 Å². The van der Waals surface area contributed by atoms with E-state index in [2.05, 4.69) is 38.0 Å². The molecule has 0 unspecified atom stereocenters. The van der Waals surface area contributed by atoms with E-state index in [0.29, 0.717) is 17.8 Å². The molecule has 2 heterocycles. The van der Waals surface area contributed by atoms with Crippen molar-refractivity contribution < 1.29 is 4.52 Å². The highest BCUT2D eigenvalue weighted by atomic mass is 79.9. The lowest BCUT2D eigenvalue weighted by molar-refractivity contribution is 0.259. The highest BCUT2D eigenvalue weighted by molar-refractivity contribution is 9.10. The van der Waals surface area contributed by atoms with Crippen LogP contribution >= 0.6 is 27.3 Å². The van der Waals surface area contributed by atoms with Crippen molar-refractivity contribution >= 4 is 27.3 Å². The number of hydrogen-bond acceptors (Lipinski definition) is 5. The third kappa shape index (κ3) is 2.59. The molecule has 0 spiro atoms. The van der Waals surface area contributed by atoms with E-state index in [4.69, 9.17) is 4.52 Å². The summed E-state index contributed by atoms with van der Waals surface area (Å²) in [5, 5.41) is 6.02. The first-order valence-corrected chi connectivity index (χ1v) is 7.17. The minimum atomic E-state index is 0.680. The van der Waals surface area contributed by atoms with Crippen LogP contribution in [0.3, 0.4) is 0 Å². The Morgan fingerprint density at radius 1 is 1.59 bits per heavy atom. The fourth-order valence-corrected chi connectivity index (χ4v) is 3.06. The highest BCUT2D eigenvalue weighted by Gasteiger charge is 2.27. The van der Waals surface area contributed by atoms with Gasteiger partial charge < -0.3 is 4.52 Å². The average Bonchev–Trinajstić information content (AvgIpc) is 2.92. The Kier molecular flexibility index (Phi) is 3.02. The van der Waals surface area contributed by atoms with E-state index in [9.17, 15) is 0 Å².